The summed E-state index contributed by atoms with van der Waals surface area (Å²) in [5, 5.41) is 2.72. The molecule has 0 radical (unpaired) electrons. The van der Waals surface area contributed by atoms with Crippen LogP contribution in [0.1, 0.15) is 22.5 Å². The molecule has 0 aliphatic carbocycles. The molecule has 0 saturated heterocycles. The molecule has 112 valence electrons. The SMILES string of the molecule is c1ccc(Cc2nc3c(c4c2[nH]c2ccccc24)CSC3)cc1. The van der Waals surface area contributed by atoms with Gasteiger partial charge in [0.25, 0.3) is 0 Å². The van der Waals surface area contributed by atoms with Crippen LogP contribution in [0.25, 0.3) is 21.8 Å². The zero-order chi connectivity index (χ0) is 15.2. The van der Waals surface area contributed by atoms with E-state index in [-0.39, 0.29) is 0 Å². The van der Waals surface area contributed by atoms with Gasteiger partial charge in [0.15, 0.2) is 0 Å². The Balaban J connectivity index is 1.81. The molecule has 0 amide bonds. The van der Waals surface area contributed by atoms with Crippen LogP contribution in [0.4, 0.5) is 0 Å². The van der Waals surface area contributed by atoms with E-state index >= 15 is 0 Å². The van der Waals surface area contributed by atoms with Crippen LogP contribution in [-0.2, 0) is 17.9 Å². The van der Waals surface area contributed by atoms with Gasteiger partial charge < -0.3 is 4.98 Å². The van der Waals surface area contributed by atoms with Gasteiger partial charge in [0.05, 0.1) is 16.9 Å². The first-order valence-corrected chi connectivity index (χ1v) is 9.08. The maximum Gasteiger partial charge on any atom is 0.0692 e. The lowest BCUT2D eigenvalue weighted by Crippen LogP contribution is -1.99. The van der Waals surface area contributed by atoms with Crippen molar-refractivity contribution in [2.24, 2.45) is 0 Å². The normalized spacial score (nSPS) is 13.7. The van der Waals surface area contributed by atoms with Crippen molar-refractivity contribution in [2.45, 2.75) is 17.9 Å². The Bertz CT molecular complexity index is 1020. The number of fused-ring (bicyclic) bond motifs is 5. The number of nitrogens with zero attached hydrogens (tertiary/aromatic N) is 1. The summed E-state index contributed by atoms with van der Waals surface area (Å²) < 4.78 is 0. The molecule has 4 aromatic rings. The van der Waals surface area contributed by atoms with E-state index in [1.807, 2.05) is 11.8 Å². The highest BCUT2D eigenvalue weighted by Gasteiger charge is 2.21. The number of rotatable bonds is 2. The number of benzene rings is 2. The fraction of sp³-hybridized carbons (Fsp3) is 0.150. The molecule has 0 atom stereocenters. The molecule has 0 unspecified atom stereocenters. The van der Waals surface area contributed by atoms with E-state index in [4.69, 9.17) is 4.98 Å². The minimum Gasteiger partial charge on any atom is -0.353 e. The van der Waals surface area contributed by atoms with Crippen LogP contribution in [0.3, 0.4) is 0 Å². The number of aromatic amines is 1. The predicted octanol–water partition coefficient (Wildman–Crippen LogP) is 5.05. The third-order valence-electron chi connectivity index (χ3n) is 4.61. The van der Waals surface area contributed by atoms with Gasteiger partial charge in [-0.3, -0.25) is 4.98 Å². The second-order valence-corrected chi connectivity index (χ2v) is 7.05. The molecular formula is C20H16N2S. The van der Waals surface area contributed by atoms with Crippen LogP contribution >= 0.6 is 11.8 Å². The minimum atomic E-state index is 0.877. The molecule has 0 saturated carbocycles. The molecule has 2 nitrogen and oxygen atoms in total. The second-order valence-electron chi connectivity index (χ2n) is 6.06. The maximum absolute atomic E-state index is 5.02. The minimum absolute atomic E-state index is 0.877. The summed E-state index contributed by atoms with van der Waals surface area (Å²) in [5.74, 6) is 2.11. The van der Waals surface area contributed by atoms with Crippen molar-refractivity contribution in [3.05, 3.63) is 77.1 Å². The Hall–Kier alpha value is -2.26. The number of thioether (sulfide) groups is 1. The van der Waals surface area contributed by atoms with E-state index in [1.54, 1.807) is 0 Å². The molecule has 1 aliphatic rings. The van der Waals surface area contributed by atoms with E-state index in [0.29, 0.717) is 0 Å². The first kappa shape index (κ1) is 13.2. The van der Waals surface area contributed by atoms with Gasteiger partial charge in [-0.05, 0) is 17.2 Å². The molecule has 0 fully saturated rings. The lowest BCUT2D eigenvalue weighted by atomic mass is 10.0. The zero-order valence-corrected chi connectivity index (χ0v) is 13.5. The average molecular weight is 316 g/mol. The van der Waals surface area contributed by atoms with Gasteiger partial charge in [-0.15, -0.1) is 0 Å². The van der Waals surface area contributed by atoms with Crippen LogP contribution in [-0.4, -0.2) is 9.97 Å². The summed E-state index contributed by atoms with van der Waals surface area (Å²) >= 11 is 1.97. The topological polar surface area (TPSA) is 28.7 Å². The first-order chi connectivity index (χ1) is 11.4. The largest absolute Gasteiger partial charge is 0.353 e. The smallest absolute Gasteiger partial charge is 0.0692 e. The molecule has 5 rings (SSSR count). The number of aromatic nitrogens is 2. The zero-order valence-electron chi connectivity index (χ0n) is 12.7. The molecular weight excluding hydrogens is 300 g/mol. The van der Waals surface area contributed by atoms with Crippen LogP contribution in [0, 0.1) is 0 Å². The first-order valence-electron chi connectivity index (χ1n) is 7.93. The summed E-state index contributed by atoms with van der Waals surface area (Å²) in [6, 6.07) is 19.2. The summed E-state index contributed by atoms with van der Waals surface area (Å²) in [6.07, 6.45) is 0.877. The van der Waals surface area contributed by atoms with Gasteiger partial charge in [0.1, 0.15) is 0 Å². The van der Waals surface area contributed by atoms with Crippen molar-refractivity contribution in [1.82, 2.24) is 9.97 Å². The number of para-hydroxylation sites is 1. The summed E-state index contributed by atoms with van der Waals surface area (Å²) in [4.78, 5) is 8.64. The van der Waals surface area contributed by atoms with E-state index in [0.717, 1.165) is 17.9 Å². The lowest BCUT2D eigenvalue weighted by Gasteiger charge is -2.08. The Kier molecular flexibility index (Phi) is 2.95. The van der Waals surface area contributed by atoms with E-state index in [1.165, 1.54) is 44.3 Å². The van der Waals surface area contributed by atoms with Gasteiger partial charge in [0, 0.05) is 34.2 Å². The fourth-order valence-corrected chi connectivity index (χ4v) is 4.59. The second kappa shape index (κ2) is 5.14. The lowest BCUT2D eigenvalue weighted by molar-refractivity contribution is 1.04. The molecule has 3 heteroatoms. The average Bonchev–Trinajstić information content (AvgIpc) is 3.19. The maximum atomic E-state index is 5.02. The standard InChI is InChI=1S/C20H16N2S/c1-2-6-13(7-3-1)10-17-20-19(15-11-23-12-18(15)21-17)14-8-4-5-9-16(14)22-20/h1-9,22H,10-12H2. The molecule has 0 spiro atoms. The Labute approximate surface area is 138 Å². The van der Waals surface area contributed by atoms with E-state index in [2.05, 4.69) is 59.6 Å². The number of hydrogen-bond acceptors (Lipinski definition) is 2. The van der Waals surface area contributed by atoms with Crippen molar-refractivity contribution < 1.29 is 0 Å². The van der Waals surface area contributed by atoms with Gasteiger partial charge in [-0.1, -0.05) is 48.5 Å². The third kappa shape index (κ3) is 2.07. The Morgan fingerprint density at radius 2 is 1.78 bits per heavy atom. The van der Waals surface area contributed by atoms with Gasteiger partial charge in [-0.2, -0.15) is 11.8 Å². The number of H-pyrrole nitrogens is 1. The molecule has 1 N–H and O–H groups in total. The highest BCUT2D eigenvalue weighted by molar-refractivity contribution is 7.98. The number of nitrogens with one attached hydrogen (secondary N) is 1. The quantitative estimate of drug-likeness (QED) is 0.560. The molecule has 0 bridgehead atoms. The number of hydrogen-bond donors (Lipinski definition) is 1. The summed E-state index contributed by atoms with van der Waals surface area (Å²) in [7, 11) is 0. The van der Waals surface area contributed by atoms with Crippen molar-refractivity contribution in [2.75, 3.05) is 0 Å². The summed E-state index contributed by atoms with van der Waals surface area (Å²) in [5.41, 5.74) is 7.62. The predicted molar refractivity (Wildman–Crippen MR) is 97.8 cm³/mol. The van der Waals surface area contributed by atoms with Crippen LogP contribution in [0.2, 0.25) is 0 Å². The van der Waals surface area contributed by atoms with Crippen LogP contribution < -0.4 is 0 Å². The summed E-state index contributed by atoms with van der Waals surface area (Å²) in [6.45, 7) is 0. The van der Waals surface area contributed by atoms with Crippen LogP contribution in [0.5, 0.6) is 0 Å². The van der Waals surface area contributed by atoms with Gasteiger partial charge in [-0.25, -0.2) is 0 Å². The van der Waals surface area contributed by atoms with Gasteiger partial charge in [0.2, 0.25) is 0 Å². The monoisotopic (exact) mass is 316 g/mol. The van der Waals surface area contributed by atoms with Gasteiger partial charge >= 0.3 is 0 Å². The fourth-order valence-electron chi connectivity index (χ4n) is 3.54. The van der Waals surface area contributed by atoms with Crippen molar-refractivity contribution in [3.8, 4) is 0 Å². The van der Waals surface area contributed by atoms with Crippen molar-refractivity contribution in [3.63, 3.8) is 0 Å². The van der Waals surface area contributed by atoms with Crippen LogP contribution in [0.15, 0.2) is 54.6 Å². The molecule has 1 aliphatic heterocycles. The highest BCUT2D eigenvalue weighted by Crippen LogP contribution is 2.39. The van der Waals surface area contributed by atoms with E-state index < -0.39 is 0 Å². The molecule has 23 heavy (non-hydrogen) atoms. The highest BCUT2D eigenvalue weighted by atomic mass is 32.2. The third-order valence-corrected chi connectivity index (χ3v) is 5.58. The Morgan fingerprint density at radius 3 is 2.70 bits per heavy atom. The molecule has 2 aromatic heterocycles. The van der Waals surface area contributed by atoms with Crippen molar-refractivity contribution >= 4 is 33.6 Å². The molecule has 3 heterocycles. The number of pyridine rings is 1. The van der Waals surface area contributed by atoms with E-state index in [9.17, 15) is 0 Å². The Morgan fingerprint density at radius 1 is 0.957 bits per heavy atom. The molecule has 2 aromatic carbocycles. The van der Waals surface area contributed by atoms with Crippen molar-refractivity contribution in [1.29, 1.82) is 0 Å².